The number of carbonyl (C=O) groups excluding carboxylic acids is 6. The Balaban J connectivity index is 1.79. The number of fused-ring (bicyclic) bond motifs is 5. The summed E-state index contributed by atoms with van der Waals surface area (Å²) in [6.45, 7) is 7.81. The highest BCUT2D eigenvalue weighted by molar-refractivity contribution is 9.10. The van der Waals surface area contributed by atoms with Gasteiger partial charge in [0.15, 0.2) is 0 Å². The Hall–Kier alpha value is -2.26. The van der Waals surface area contributed by atoms with Crippen molar-refractivity contribution >= 4 is 75.3 Å². The van der Waals surface area contributed by atoms with Gasteiger partial charge in [-0.05, 0) is 27.7 Å². The Morgan fingerprint density at radius 3 is 1.62 bits per heavy atom. The van der Waals surface area contributed by atoms with Gasteiger partial charge in [0.1, 0.15) is 41.9 Å². The molecule has 3 rings (SSSR count). The fourth-order valence-corrected chi connectivity index (χ4v) is 4.79. The van der Waals surface area contributed by atoms with Crippen molar-refractivity contribution in [3.05, 3.63) is 12.2 Å². The molecule has 3 aliphatic heterocycles. The van der Waals surface area contributed by atoms with Gasteiger partial charge in [-0.3, -0.25) is 33.7 Å². The summed E-state index contributed by atoms with van der Waals surface area (Å²) in [5.74, 6) is -4.63. The highest BCUT2D eigenvalue weighted by atomic mass is 79.9. The van der Waals surface area contributed by atoms with E-state index in [-0.39, 0.29) is 13.0 Å². The number of hydrogen-bond donors (Lipinski definition) is 1. The van der Waals surface area contributed by atoms with Crippen LogP contribution >= 0.6 is 31.9 Å². The van der Waals surface area contributed by atoms with E-state index in [2.05, 4.69) is 37.2 Å². The maximum absolute atomic E-state index is 13.3. The van der Waals surface area contributed by atoms with Crippen LogP contribution in [0, 0.1) is 11.8 Å². The summed E-state index contributed by atoms with van der Waals surface area (Å²) in [7, 11) is 1.64. The SMILES string of the molecule is BC(C)(C)C(=O)OCC(COC(=O)C(C)(C)Br)(COC(=O)C(C)(C)Br)NC(=O)CCN1C(=O)[C@@H]2[C@H]3C=CC(O3)[C@@H]2C1=O. The number of hydrogen-bond acceptors (Lipinski definition) is 10. The van der Waals surface area contributed by atoms with E-state index in [4.69, 9.17) is 18.9 Å². The number of carbonyl (C=O) groups is 6. The zero-order valence-electron chi connectivity index (χ0n) is 24.8. The summed E-state index contributed by atoms with van der Waals surface area (Å²) in [6, 6.07) is 0. The molecule has 2 bridgehead atoms. The Labute approximate surface area is 262 Å². The summed E-state index contributed by atoms with van der Waals surface area (Å²) < 4.78 is 19.9. The van der Waals surface area contributed by atoms with Gasteiger partial charge in [-0.1, -0.05) is 57.9 Å². The van der Waals surface area contributed by atoms with Gasteiger partial charge in [0.05, 0.1) is 24.0 Å². The largest absolute Gasteiger partial charge is 0.463 e. The second-order valence-corrected chi connectivity index (χ2v) is 16.8. The van der Waals surface area contributed by atoms with Crippen LogP contribution in [0.1, 0.15) is 48.0 Å². The van der Waals surface area contributed by atoms with E-state index in [0.29, 0.717) is 0 Å². The van der Waals surface area contributed by atoms with Crippen molar-refractivity contribution in [3.8, 4) is 0 Å². The van der Waals surface area contributed by atoms with E-state index in [1.807, 2.05) is 0 Å². The molecule has 0 aromatic carbocycles. The Morgan fingerprint density at radius 1 is 0.833 bits per heavy atom. The summed E-state index contributed by atoms with van der Waals surface area (Å²) in [6.07, 6.45) is 2.33. The normalized spacial score (nSPS) is 23.6. The Bertz CT molecular complexity index is 1070. The lowest BCUT2D eigenvalue weighted by molar-refractivity contribution is -0.161. The Morgan fingerprint density at radius 2 is 1.24 bits per heavy atom. The smallest absolute Gasteiger partial charge is 0.322 e. The molecular weight excluding hydrogens is 683 g/mol. The predicted molar refractivity (Wildman–Crippen MR) is 158 cm³/mol. The molecule has 2 saturated heterocycles. The number of rotatable bonds is 13. The van der Waals surface area contributed by atoms with Crippen molar-refractivity contribution < 1.29 is 47.7 Å². The molecule has 1 unspecified atom stereocenters. The number of imide groups is 1. The molecule has 15 heteroatoms. The number of ether oxygens (including phenoxy) is 4. The van der Waals surface area contributed by atoms with Gasteiger partial charge in [-0.15, -0.1) is 0 Å². The fraction of sp³-hybridized carbons (Fsp3) is 0.704. The van der Waals surface area contributed by atoms with E-state index in [1.165, 1.54) is 0 Å². The first-order valence-corrected chi connectivity index (χ1v) is 15.1. The lowest BCUT2D eigenvalue weighted by Crippen LogP contribution is -2.60. The molecule has 42 heavy (non-hydrogen) atoms. The van der Waals surface area contributed by atoms with Crippen molar-refractivity contribution in [1.82, 2.24) is 10.2 Å². The molecule has 12 nitrogen and oxygen atoms in total. The maximum atomic E-state index is 13.3. The molecule has 0 aromatic heterocycles. The van der Waals surface area contributed by atoms with E-state index in [1.54, 1.807) is 61.5 Å². The topological polar surface area (TPSA) is 155 Å². The van der Waals surface area contributed by atoms with E-state index in [9.17, 15) is 28.8 Å². The zero-order valence-corrected chi connectivity index (χ0v) is 28.0. The Kier molecular flexibility index (Phi) is 10.1. The molecule has 232 valence electrons. The van der Waals surface area contributed by atoms with Crippen LogP contribution in [0.5, 0.6) is 0 Å². The van der Waals surface area contributed by atoms with Crippen LogP contribution in [-0.2, 0) is 47.7 Å². The fourth-order valence-electron chi connectivity index (χ4n) is 4.56. The van der Waals surface area contributed by atoms with Crippen molar-refractivity contribution in [1.29, 1.82) is 0 Å². The van der Waals surface area contributed by atoms with Gasteiger partial charge in [0.25, 0.3) is 0 Å². The second kappa shape index (κ2) is 12.4. The van der Waals surface area contributed by atoms with Crippen LogP contribution in [0.3, 0.4) is 0 Å². The van der Waals surface area contributed by atoms with Crippen molar-refractivity contribution in [3.63, 3.8) is 0 Å². The molecule has 4 atom stereocenters. The molecule has 0 radical (unpaired) electrons. The molecule has 0 spiro atoms. The van der Waals surface area contributed by atoms with Crippen molar-refractivity contribution in [2.24, 2.45) is 11.8 Å². The number of esters is 3. The van der Waals surface area contributed by atoms with Crippen molar-refractivity contribution in [2.75, 3.05) is 26.4 Å². The first-order valence-electron chi connectivity index (χ1n) is 13.6. The zero-order chi connectivity index (χ0) is 31.8. The lowest BCUT2D eigenvalue weighted by atomic mass is 9.73. The minimum atomic E-state index is -1.69. The number of nitrogens with zero attached hydrogens (tertiary/aromatic N) is 1. The first-order chi connectivity index (χ1) is 19.2. The molecule has 3 aliphatic rings. The number of nitrogens with one attached hydrogen (secondary N) is 1. The van der Waals surface area contributed by atoms with Gasteiger partial charge in [0.2, 0.25) is 17.7 Å². The first kappa shape index (κ1) is 34.2. The molecular formula is C27H37BBr2N2O10. The third-order valence-corrected chi connectivity index (χ3v) is 7.64. The monoisotopic (exact) mass is 718 g/mol. The van der Waals surface area contributed by atoms with Gasteiger partial charge >= 0.3 is 17.9 Å². The summed E-state index contributed by atoms with van der Waals surface area (Å²) >= 11 is 6.45. The van der Waals surface area contributed by atoms with Crippen LogP contribution in [-0.4, -0.2) is 101 Å². The van der Waals surface area contributed by atoms with Crippen LogP contribution < -0.4 is 5.32 Å². The highest BCUT2D eigenvalue weighted by Gasteiger charge is 2.60. The van der Waals surface area contributed by atoms with E-state index >= 15 is 0 Å². The number of alkyl halides is 2. The average molecular weight is 720 g/mol. The standard InChI is InChI=1S/C27H37BBr2N2O10/c1-24(2,28)21(36)39-11-27(12-40-22(37)25(3,4)29,13-41-23(38)26(5,6)30)31-16(33)9-10-32-19(34)17-14-7-8-15(42-14)18(17)20(32)35/h7-8,14-15,17-18H,9-13,28H2,1-6H3,(H,31,33)/t14-,15?,17-,18+/m1/s1. The molecule has 3 amide bonds. The molecule has 3 heterocycles. The van der Waals surface area contributed by atoms with Gasteiger partial charge in [-0.25, -0.2) is 0 Å². The third kappa shape index (κ3) is 7.82. The van der Waals surface area contributed by atoms with Crippen LogP contribution in [0.25, 0.3) is 0 Å². The van der Waals surface area contributed by atoms with Gasteiger partial charge in [-0.2, -0.15) is 0 Å². The molecule has 0 aliphatic carbocycles. The molecule has 0 aromatic rings. The predicted octanol–water partition coefficient (Wildman–Crippen LogP) is 0.978. The summed E-state index contributed by atoms with van der Waals surface area (Å²) in [5.41, 5.74) is -1.69. The third-order valence-electron chi connectivity index (χ3n) is 6.99. The quantitative estimate of drug-likeness (QED) is 0.0728. The van der Waals surface area contributed by atoms with E-state index < -0.39 is 99.0 Å². The van der Waals surface area contributed by atoms with E-state index in [0.717, 1.165) is 4.90 Å². The number of halogens is 2. The minimum Gasteiger partial charge on any atom is -0.463 e. The molecule has 0 saturated carbocycles. The lowest BCUT2D eigenvalue weighted by Gasteiger charge is -2.35. The van der Waals surface area contributed by atoms with Crippen LogP contribution in [0.4, 0.5) is 0 Å². The molecule has 1 N–H and O–H groups in total. The highest BCUT2D eigenvalue weighted by Crippen LogP contribution is 2.45. The number of likely N-dealkylation sites (tertiary alicyclic amines) is 1. The van der Waals surface area contributed by atoms with Gasteiger partial charge < -0.3 is 24.3 Å². The average Bonchev–Trinajstić information content (AvgIpc) is 3.55. The maximum Gasteiger partial charge on any atom is 0.322 e. The summed E-state index contributed by atoms with van der Waals surface area (Å²) in [5, 5.41) is 1.80. The second-order valence-electron chi connectivity index (χ2n) is 12.8. The number of amides is 3. The van der Waals surface area contributed by atoms with Crippen LogP contribution in [0.2, 0.25) is 5.31 Å². The molecule has 2 fully saturated rings. The van der Waals surface area contributed by atoms with Crippen LogP contribution in [0.15, 0.2) is 12.2 Å². The summed E-state index contributed by atoms with van der Waals surface area (Å²) in [4.78, 5) is 78.2. The minimum absolute atomic E-state index is 0.198. The van der Waals surface area contributed by atoms with Crippen molar-refractivity contribution in [2.45, 2.75) is 79.7 Å². The van der Waals surface area contributed by atoms with Gasteiger partial charge in [0, 0.05) is 18.3 Å².